The maximum atomic E-state index is 12.2. The van der Waals surface area contributed by atoms with E-state index in [0.717, 1.165) is 23.3 Å². The average Bonchev–Trinajstić information content (AvgIpc) is 3.14. The molecule has 4 aromatic rings. The zero-order chi connectivity index (χ0) is 33.9. The molecule has 4 aromatic carbocycles. The SMILES string of the molecule is C=CC(=O)OCCOc1ccc(C(=O)c2ccccc2)cc1.C=CC(=O)OCCOc1ccc(C(OC)(OC)c2ccccc2)cc1. The molecule has 0 atom stereocenters. The highest BCUT2D eigenvalue weighted by atomic mass is 16.7. The Morgan fingerprint density at radius 2 is 0.957 bits per heavy atom. The van der Waals surface area contributed by atoms with Crippen molar-refractivity contribution in [2.75, 3.05) is 40.6 Å². The second-order valence-corrected chi connectivity index (χ2v) is 9.57. The van der Waals surface area contributed by atoms with Gasteiger partial charge in [-0.1, -0.05) is 73.8 Å². The molecule has 244 valence electrons. The summed E-state index contributed by atoms with van der Waals surface area (Å²) in [6.45, 7) is 7.45. The van der Waals surface area contributed by atoms with E-state index in [1.165, 1.54) is 0 Å². The summed E-state index contributed by atoms with van der Waals surface area (Å²) in [5.41, 5.74) is 2.98. The van der Waals surface area contributed by atoms with Crippen LogP contribution in [-0.2, 0) is 34.3 Å². The molecule has 0 aliphatic carbocycles. The van der Waals surface area contributed by atoms with Crippen LogP contribution in [-0.4, -0.2) is 58.4 Å². The summed E-state index contributed by atoms with van der Waals surface area (Å²) in [4.78, 5) is 34.0. The largest absolute Gasteiger partial charge is 0.490 e. The summed E-state index contributed by atoms with van der Waals surface area (Å²) in [5, 5.41) is 0. The van der Waals surface area contributed by atoms with E-state index >= 15 is 0 Å². The number of ketones is 1. The Bertz CT molecular complexity index is 1560. The Kier molecular flexibility index (Phi) is 14.6. The molecule has 0 saturated carbocycles. The van der Waals surface area contributed by atoms with Crippen LogP contribution in [0.4, 0.5) is 0 Å². The van der Waals surface area contributed by atoms with Gasteiger partial charge in [0.2, 0.25) is 5.79 Å². The molecule has 0 unspecified atom stereocenters. The summed E-state index contributed by atoms with van der Waals surface area (Å²) < 4.78 is 32.0. The summed E-state index contributed by atoms with van der Waals surface area (Å²) in [5.74, 6) is -0.697. The van der Waals surface area contributed by atoms with Crippen molar-refractivity contribution in [2.45, 2.75) is 5.79 Å². The first kappa shape index (κ1) is 36.0. The summed E-state index contributed by atoms with van der Waals surface area (Å²) in [7, 11) is 3.21. The van der Waals surface area contributed by atoms with Gasteiger partial charge in [-0.25, -0.2) is 9.59 Å². The lowest BCUT2D eigenvalue weighted by Crippen LogP contribution is -2.32. The van der Waals surface area contributed by atoms with Crippen molar-refractivity contribution in [1.82, 2.24) is 0 Å². The van der Waals surface area contributed by atoms with E-state index in [1.807, 2.05) is 72.8 Å². The summed E-state index contributed by atoms with van der Waals surface area (Å²) >= 11 is 0. The molecule has 0 N–H and O–H groups in total. The molecule has 47 heavy (non-hydrogen) atoms. The van der Waals surface area contributed by atoms with Crippen LogP contribution >= 0.6 is 0 Å². The van der Waals surface area contributed by atoms with Crippen molar-refractivity contribution in [1.29, 1.82) is 0 Å². The monoisotopic (exact) mass is 638 g/mol. The minimum absolute atomic E-state index is 0.0351. The van der Waals surface area contributed by atoms with Gasteiger partial charge in [-0.15, -0.1) is 0 Å². The molecule has 0 radical (unpaired) electrons. The zero-order valence-electron chi connectivity index (χ0n) is 26.5. The number of hydrogen-bond acceptors (Lipinski definition) is 9. The lowest BCUT2D eigenvalue weighted by molar-refractivity contribution is -0.183. The number of hydrogen-bond donors (Lipinski definition) is 0. The molecule has 0 aromatic heterocycles. The first-order valence-corrected chi connectivity index (χ1v) is 14.7. The van der Waals surface area contributed by atoms with Gasteiger partial charge >= 0.3 is 11.9 Å². The minimum atomic E-state index is -0.987. The van der Waals surface area contributed by atoms with Crippen LogP contribution in [0.5, 0.6) is 11.5 Å². The van der Waals surface area contributed by atoms with Gasteiger partial charge in [0.05, 0.1) is 0 Å². The first-order valence-electron chi connectivity index (χ1n) is 14.7. The molecule has 0 aliphatic heterocycles. The molecule has 9 heteroatoms. The van der Waals surface area contributed by atoms with E-state index in [9.17, 15) is 14.4 Å². The molecule has 9 nitrogen and oxygen atoms in total. The van der Waals surface area contributed by atoms with Gasteiger partial charge in [0, 0.05) is 48.6 Å². The zero-order valence-corrected chi connectivity index (χ0v) is 26.5. The number of carbonyl (C=O) groups is 3. The number of rotatable bonds is 16. The maximum absolute atomic E-state index is 12.2. The lowest BCUT2D eigenvalue weighted by Gasteiger charge is -2.31. The van der Waals surface area contributed by atoms with E-state index < -0.39 is 17.7 Å². The number of ether oxygens (including phenoxy) is 6. The number of methoxy groups -OCH3 is 2. The van der Waals surface area contributed by atoms with Crippen LogP contribution in [0.2, 0.25) is 0 Å². The Balaban J connectivity index is 0.000000257. The van der Waals surface area contributed by atoms with Gasteiger partial charge in [0.15, 0.2) is 5.78 Å². The van der Waals surface area contributed by atoms with Crippen molar-refractivity contribution in [3.8, 4) is 11.5 Å². The Labute approximate surface area is 275 Å². The van der Waals surface area contributed by atoms with Gasteiger partial charge in [-0.3, -0.25) is 4.79 Å². The predicted molar refractivity (Wildman–Crippen MR) is 177 cm³/mol. The van der Waals surface area contributed by atoms with Gasteiger partial charge in [0.1, 0.15) is 37.9 Å². The van der Waals surface area contributed by atoms with Gasteiger partial charge in [-0.2, -0.15) is 0 Å². The fourth-order valence-electron chi connectivity index (χ4n) is 4.33. The first-order chi connectivity index (χ1) is 22.9. The van der Waals surface area contributed by atoms with Crippen molar-refractivity contribution in [2.24, 2.45) is 0 Å². The fraction of sp³-hybridized carbons (Fsp3) is 0.184. The highest BCUT2D eigenvalue weighted by molar-refractivity contribution is 6.09. The van der Waals surface area contributed by atoms with Gasteiger partial charge in [0.25, 0.3) is 0 Å². The van der Waals surface area contributed by atoms with E-state index in [2.05, 4.69) is 13.2 Å². The third kappa shape index (κ3) is 10.8. The number of benzene rings is 4. The molecule has 4 rings (SSSR count). The molecule has 0 bridgehead atoms. The standard InChI is InChI=1S/C20H22O5.C18H16O4/c1-4-19(21)25-15-14-24-18-12-10-17(11-13-18)20(22-2,23-3)16-8-6-5-7-9-16;1-2-17(19)22-13-12-21-16-10-8-15(9-11-16)18(20)14-6-4-3-5-7-14/h4-13H,1,14-15H2,2-3H3;2-11H,1,12-13H2. The van der Waals surface area contributed by atoms with E-state index in [4.69, 9.17) is 28.4 Å². The average molecular weight is 639 g/mol. The lowest BCUT2D eigenvalue weighted by atomic mass is 9.97. The van der Waals surface area contributed by atoms with E-state index in [0.29, 0.717) is 22.6 Å². The third-order valence-electron chi connectivity index (χ3n) is 6.64. The van der Waals surface area contributed by atoms with Crippen LogP contribution < -0.4 is 9.47 Å². The molecular weight excluding hydrogens is 600 g/mol. The predicted octanol–water partition coefficient (Wildman–Crippen LogP) is 6.31. The number of carbonyl (C=O) groups excluding carboxylic acids is 3. The van der Waals surface area contributed by atoms with Crippen LogP contribution in [0.25, 0.3) is 0 Å². The van der Waals surface area contributed by atoms with Crippen LogP contribution in [0.15, 0.2) is 135 Å². The highest BCUT2D eigenvalue weighted by Crippen LogP contribution is 2.34. The molecular formula is C38H38O9. The molecule has 0 spiro atoms. The number of esters is 2. The Morgan fingerprint density at radius 3 is 1.40 bits per heavy atom. The summed E-state index contributed by atoms with van der Waals surface area (Å²) in [6, 6.07) is 33.0. The van der Waals surface area contributed by atoms with E-state index in [1.54, 1.807) is 50.6 Å². The van der Waals surface area contributed by atoms with Crippen LogP contribution in [0.1, 0.15) is 27.0 Å². The van der Waals surface area contributed by atoms with Crippen LogP contribution in [0.3, 0.4) is 0 Å². The molecule has 0 heterocycles. The molecule has 0 aliphatic rings. The van der Waals surface area contributed by atoms with E-state index in [-0.39, 0.29) is 32.2 Å². The second-order valence-electron chi connectivity index (χ2n) is 9.57. The second kappa shape index (κ2) is 19.1. The summed E-state index contributed by atoms with van der Waals surface area (Å²) in [6.07, 6.45) is 2.22. The van der Waals surface area contributed by atoms with Gasteiger partial charge in [-0.05, 0) is 48.5 Å². The quantitative estimate of drug-likeness (QED) is 0.0459. The van der Waals surface area contributed by atoms with Crippen molar-refractivity contribution >= 4 is 17.7 Å². The fourth-order valence-corrected chi connectivity index (χ4v) is 4.33. The normalized spacial score (nSPS) is 10.4. The molecule has 0 saturated heterocycles. The Morgan fingerprint density at radius 1 is 0.553 bits per heavy atom. The Hall–Kier alpha value is -5.51. The van der Waals surface area contributed by atoms with Crippen molar-refractivity contribution in [3.05, 3.63) is 157 Å². The highest BCUT2D eigenvalue weighted by Gasteiger charge is 2.34. The smallest absolute Gasteiger partial charge is 0.330 e. The topological polar surface area (TPSA) is 107 Å². The third-order valence-corrected chi connectivity index (χ3v) is 6.64. The molecule has 0 fully saturated rings. The van der Waals surface area contributed by atoms with Crippen molar-refractivity contribution in [3.63, 3.8) is 0 Å². The van der Waals surface area contributed by atoms with Crippen LogP contribution in [0, 0.1) is 0 Å². The maximum Gasteiger partial charge on any atom is 0.330 e. The molecule has 0 amide bonds. The minimum Gasteiger partial charge on any atom is -0.490 e. The van der Waals surface area contributed by atoms with Crippen molar-refractivity contribution < 1.29 is 42.8 Å². The van der Waals surface area contributed by atoms with Gasteiger partial charge < -0.3 is 28.4 Å².